The molecule has 0 aliphatic heterocycles. The number of thiazole rings is 1. The zero-order chi connectivity index (χ0) is 17.0. The molecule has 8 heteroatoms. The molecule has 24 heavy (non-hydrogen) atoms. The van der Waals surface area contributed by atoms with Crippen molar-refractivity contribution in [2.75, 3.05) is 11.9 Å². The summed E-state index contributed by atoms with van der Waals surface area (Å²) in [6.07, 6.45) is 3.71. The number of hydrogen-bond donors (Lipinski definition) is 0. The monoisotopic (exact) mass is 343 g/mol. The minimum absolute atomic E-state index is 0.231. The summed E-state index contributed by atoms with van der Waals surface area (Å²) < 4.78 is 7.34. The second-order valence-electron chi connectivity index (χ2n) is 5.91. The van der Waals surface area contributed by atoms with E-state index in [2.05, 4.69) is 10.1 Å². The van der Waals surface area contributed by atoms with Crippen LogP contribution in [0.3, 0.4) is 0 Å². The lowest BCUT2D eigenvalue weighted by Crippen LogP contribution is -2.26. The fourth-order valence-electron chi connectivity index (χ4n) is 3.02. The zero-order valence-electron chi connectivity index (χ0n) is 14.0. The number of fused-ring (bicyclic) bond motifs is 3. The summed E-state index contributed by atoms with van der Waals surface area (Å²) in [6, 6.07) is 0. The lowest BCUT2D eigenvalue weighted by Gasteiger charge is -2.11. The van der Waals surface area contributed by atoms with Crippen LogP contribution in [0.2, 0.25) is 0 Å². The molecule has 7 nitrogen and oxygen atoms in total. The maximum Gasteiger partial charge on any atom is 0.297 e. The fraction of sp³-hybridized carbons (Fsp3) is 0.375. The highest BCUT2D eigenvalue weighted by Gasteiger charge is 2.28. The van der Waals surface area contributed by atoms with Gasteiger partial charge in [-0.2, -0.15) is 5.10 Å². The van der Waals surface area contributed by atoms with E-state index in [1.807, 2.05) is 17.9 Å². The van der Waals surface area contributed by atoms with Crippen LogP contribution in [0.4, 0.5) is 5.13 Å². The van der Waals surface area contributed by atoms with Gasteiger partial charge in [0, 0.05) is 37.2 Å². The van der Waals surface area contributed by atoms with Crippen molar-refractivity contribution in [1.29, 1.82) is 0 Å². The molecule has 1 aliphatic carbocycles. The van der Waals surface area contributed by atoms with E-state index in [4.69, 9.17) is 9.40 Å². The molecule has 124 valence electrons. The summed E-state index contributed by atoms with van der Waals surface area (Å²) >= 11 is 1.55. The Morgan fingerprint density at radius 3 is 2.83 bits per heavy atom. The highest BCUT2D eigenvalue weighted by Crippen LogP contribution is 2.39. The lowest BCUT2D eigenvalue weighted by molar-refractivity contribution is 0.0964. The van der Waals surface area contributed by atoms with Gasteiger partial charge in [-0.15, -0.1) is 11.3 Å². The Kier molecular flexibility index (Phi) is 3.31. The van der Waals surface area contributed by atoms with Crippen LogP contribution in [-0.2, 0) is 19.9 Å². The molecule has 0 aromatic carbocycles. The van der Waals surface area contributed by atoms with Crippen molar-refractivity contribution in [3.63, 3.8) is 0 Å². The molecule has 1 amide bonds. The van der Waals surface area contributed by atoms with Gasteiger partial charge >= 0.3 is 0 Å². The maximum absolute atomic E-state index is 12.7. The molecule has 0 bridgehead atoms. The molecular formula is C16H17N5O2S. The van der Waals surface area contributed by atoms with Gasteiger partial charge in [0.25, 0.3) is 5.91 Å². The van der Waals surface area contributed by atoms with Gasteiger partial charge in [0.1, 0.15) is 0 Å². The smallest absolute Gasteiger partial charge is 0.297 e. The van der Waals surface area contributed by atoms with Crippen molar-refractivity contribution >= 4 is 22.4 Å². The lowest BCUT2D eigenvalue weighted by atomic mass is 10.0. The van der Waals surface area contributed by atoms with Crippen molar-refractivity contribution in [2.24, 2.45) is 7.05 Å². The molecule has 0 fully saturated rings. The third-order valence-electron chi connectivity index (χ3n) is 4.28. The molecule has 4 rings (SSSR count). The van der Waals surface area contributed by atoms with E-state index in [0.29, 0.717) is 16.7 Å². The molecule has 0 saturated heterocycles. The van der Waals surface area contributed by atoms with Crippen LogP contribution in [0.25, 0.3) is 11.3 Å². The van der Waals surface area contributed by atoms with Crippen molar-refractivity contribution < 1.29 is 9.21 Å². The van der Waals surface area contributed by atoms with Crippen LogP contribution in [-0.4, -0.2) is 32.7 Å². The van der Waals surface area contributed by atoms with Gasteiger partial charge < -0.3 is 4.42 Å². The third kappa shape index (κ3) is 2.17. The Bertz CT molecular complexity index is 952. The predicted octanol–water partition coefficient (Wildman–Crippen LogP) is 2.52. The number of carbonyl (C=O) groups excluding carboxylic acids is 1. The first-order valence-corrected chi connectivity index (χ1v) is 8.50. The molecule has 3 aromatic heterocycles. The number of oxazole rings is 1. The van der Waals surface area contributed by atoms with Gasteiger partial charge in [0.05, 0.1) is 17.6 Å². The Hall–Kier alpha value is -2.48. The summed E-state index contributed by atoms with van der Waals surface area (Å²) in [6.45, 7) is 3.50. The largest absolute Gasteiger partial charge is 0.436 e. The van der Waals surface area contributed by atoms with E-state index in [1.165, 1.54) is 15.5 Å². The number of carbonyl (C=O) groups is 1. The Labute approximate surface area is 142 Å². The Morgan fingerprint density at radius 1 is 1.33 bits per heavy atom. The topological polar surface area (TPSA) is 77.1 Å². The average Bonchev–Trinajstić information content (AvgIpc) is 3.22. The first-order chi connectivity index (χ1) is 11.5. The molecule has 1 aliphatic rings. The van der Waals surface area contributed by atoms with Crippen molar-refractivity contribution in [3.05, 3.63) is 34.1 Å². The quantitative estimate of drug-likeness (QED) is 0.714. The fourth-order valence-corrected chi connectivity index (χ4v) is 4.05. The molecule has 0 spiro atoms. The highest BCUT2D eigenvalue weighted by molar-refractivity contribution is 7.16. The third-order valence-corrected chi connectivity index (χ3v) is 5.47. The second-order valence-corrected chi connectivity index (χ2v) is 6.97. The molecular weight excluding hydrogens is 326 g/mol. The van der Waals surface area contributed by atoms with E-state index >= 15 is 0 Å². The summed E-state index contributed by atoms with van der Waals surface area (Å²) in [5.74, 6) is 0.526. The SMILES string of the molecule is Cc1nc(C)c(C(=O)N(C)c2nc3c(s2)CCc2c-3cnn2C)o1. The van der Waals surface area contributed by atoms with Gasteiger partial charge in [0.15, 0.2) is 11.0 Å². The number of amides is 1. The molecule has 0 saturated carbocycles. The summed E-state index contributed by atoms with van der Waals surface area (Å²) in [7, 11) is 3.66. The standard InChI is InChI=1S/C16H17N5O2S/c1-8-14(23-9(2)18-8)15(22)20(3)16-19-13-10-7-17-21(4)11(10)5-6-12(13)24-16/h7H,5-6H2,1-4H3. The normalized spacial score (nSPS) is 12.8. The molecule has 3 aromatic rings. The molecule has 0 unspecified atom stereocenters. The number of aryl methyl sites for hydroxylation is 4. The molecule has 0 N–H and O–H groups in total. The van der Waals surface area contributed by atoms with Gasteiger partial charge in [-0.1, -0.05) is 0 Å². The summed E-state index contributed by atoms with van der Waals surface area (Å²) in [5.41, 5.74) is 3.79. The molecule has 0 atom stereocenters. The number of anilines is 1. The minimum atomic E-state index is -0.231. The van der Waals surface area contributed by atoms with E-state index in [1.54, 1.807) is 32.2 Å². The highest BCUT2D eigenvalue weighted by atomic mass is 32.1. The van der Waals surface area contributed by atoms with Gasteiger partial charge in [0.2, 0.25) is 5.76 Å². The van der Waals surface area contributed by atoms with E-state index in [9.17, 15) is 4.79 Å². The number of aromatic nitrogens is 4. The van der Waals surface area contributed by atoms with Crippen molar-refractivity contribution in [3.8, 4) is 11.3 Å². The molecule has 0 radical (unpaired) electrons. The van der Waals surface area contributed by atoms with Crippen LogP contribution in [0.5, 0.6) is 0 Å². The van der Waals surface area contributed by atoms with Crippen molar-refractivity contribution in [1.82, 2.24) is 19.7 Å². The van der Waals surface area contributed by atoms with Crippen LogP contribution >= 0.6 is 11.3 Å². The molecule has 3 heterocycles. The van der Waals surface area contributed by atoms with Crippen LogP contribution < -0.4 is 4.90 Å². The number of nitrogens with zero attached hydrogens (tertiary/aromatic N) is 5. The Morgan fingerprint density at radius 2 is 2.12 bits per heavy atom. The Balaban J connectivity index is 1.70. The van der Waals surface area contributed by atoms with E-state index in [-0.39, 0.29) is 11.7 Å². The van der Waals surface area contributed by atoms with Crippen LogP contribution in [0.1, 0.15) is 32.7 Å². The van der Waals surface area contributed by atoms with Crippen LogP contribution in [0, 0.1) is 13.8 Å². The van der Waals surface area contributed by atoms with Gasteiger partial charge in [-0.05, 0) is 19.8 Å². The first kappa shape index (κ1) is 15.1. The first-order valence-electron chi connectivity index (χ1n) is 7.68. The maximum atomic E-state index is 12.7. The summed E-state index contributed by atoms with van der Waals surface area (Å²) in [5, 5.41) is 4.99. The van der Waals surface area contributed by atoms with Crippen LogP contribution in [0.15, 0.2) is 10.6 Å². The minimum Gasteiger partial charge on any atom is -0.436 e. The average molecular weight is 343 g/mol. The number of rotatable bonds is 2. The van der Waals surface area contributed by atoms with E-state index < -0.39 is 0 Å². The van der Waals surface area contributed by atoms with Gasteiger partial charge in [-0.3, -0.25) is 14.4 Å². The van der Waals surface area contributed by atoms with Gasteiger partial charge in [-0.25, -0.2) is 9.97 Å². The van der Waals surface area contributed by atoms with E-state index in [0.717, 1.165) is 24.1 Å². The number of hydrogen-bond acceptors (Lipinski definition) is 6. The predicted molar refractivity (Wildman–Crippen MR) is 90.4 cm³/mol. The summed E-state index contributed by atoms with van der Waals surface area (Å²) in [4.78, 5) is 24.3. The second kappa shape index (κ2) is 5.27. The zero-order valence-corrected chi connectivity index (χ0v) is 14.8. The van der Waals surface area contributed by atoms with Crippen molar-refractivity contribution in [2.45, 2.75) is 26.7 Å².